The Morgan fingerprint density at radius 2 is 1.80 bits per heavy atom. The third-order valence-electron chi connectivity index (χ3n) is 5.94. The molecule has 5 heteroatoms. The molecule has 1 saturated carbocycles. The Balaban J connectivity index is 1.37. The maximum absolute atomic E-state index is 12.8. The summed E-state index contributed by atoms with van der Waals surface area (Å²) in [6.45, 7) is 6.20. The van der Waals surface area contributed by atoms with Crippen LogP contribution >= 0.6 is 0 Å². The standard InChI is InChI=1S/C20H29N3O2/c21-19-5-3-16(4-6-19)20(24)23-13-17-2-1-15(11-18(17)14-23)12-22-7-9-25-10-8-22/h1-2,11,16,19H,3-10,12-14,21H2. The van der Waals surface area contributed by atoms with Crippen LogP contribution in [0.3, 0.4) is 0 Å². The Morgan fingerprint density at radius 3 is 2.56 bits per heavy atom. The van der Waals surface area contributed by atoms with Crippen molar-refractivity contribution in [1.29, 1.82) is 0 Å². The van der Waals surface area contributed by atoms with Crippen LogP contribution in [0.5, 0.6) is 0 Å². The van der Waals surface area contributed by atoms with Gasteiger partial charge in [-0.15, -0.1) is 0 Å². The zero-order valence-corrected chi connectivity index (χ0v) is 15.0. The predicted molar refractivity (Wildman–Crippen MR) is 96.7 cm³/mol. The second kappa shape index (κ2) is 7.44. The molecule has 3 aliphatic rings. The molecule has 0 aromatic heterocycles. The van der Waals surface area contributed by atoms with Gasteiger partial charge in [-0.2, -0.15) is 0 Å². The number of nitrogens with two attached hydrogens (primary N) is 1. The van der Waals surface area contributed by atoms with Crippen LogP contribution in [0.2, 0.25) is 0 Å². The molecule has 0 radical (unpaired) electrons. The van der Waals surface area contributed by atoms with E-state index in [9.17, 15) is 4.79 Å². The summed E-state index contributed by atoms with van der Waals surface area (Å²) in [5.41, 5.74) is 9.96. The van der Waals surface area contributed by atoms with Gasteiger partial charge in [-0.25, -0.2) is 0 Å². The minimum absolute atomic E-state index is 0.182. The van der Waals surface area contributed by atoms with Crippen molar-refractivity contribution in [3.63, 3.8) is 0 Å². The number of amides is 1. The number of rotatable bonds is 3. The highest BCUT2D eigenvalue weighted by molar-refractivity contribution is 5.79. The van der Waals surface area contributed by atoms with E-state index in [1.807, 2.05) is 4.90 Å². The summed E-state index contributed by atoms with van der Waals surface area (Å²) < 4.78 is 5.42. The molecule has 1 saturated heterocycles. The van der Waals surface area contributed by atoms with Gasteiger partial charge in [0.2, 0.25) is 5.91 Å². The molecule has 1 aliphatic carbocycles. The van der Waals surface area contributed by atoms with Crippen molar-refractivity contribution in [2.75, 3.05) is 26.3 Å². The van der Waals surface area contributed by atoms with Gasteiger partial charge in [0.1, 0.15) is 0 Å². The van der Waals surface area contributed by atoms with E-state index in [1.54, 1.807) is 0 Å². The number of hydrogen-bond donors (Lipinski definition) is 1. The van der Waals surface area contributed by atoms with Crippen molar-refractivity contribution in [1.82, 2.24) is 9.80 Å². The number of ether oxygens (including phenoxy) is 1. The highest BCUT2D eigenvalue weighted by Crippen LogP contribution is 2.30. The van der Waals surface area contributed by atoms with Crippen molar-refractivity contribution >= 4 is 5.91 Å². The van der Waals surface area contributed by atoms with Gasteiger partial charge >= 0.3 is 0 Å². The van der Waals surface area contributed by atoms with Gasteiger partial charge in [0, 0.05) is 44.7 Å². The molecule has 136 valence electrons. The van der Waals surface area contributed by atoms with Crippen LogP contribution in [-0.4, -0.2) is 48.1 Å². The van der Waals surface area contributed by atoms with Crippen molar-refractivity contribution in [2.45, 2.75) is 51.4 Å². The van der Waals surface area contributed by atoms with Crippen LogP contribution in [0, 0.1) is 5.92 Å². The number of hydrogen-bond acceptors (Lipinski definition) is 4. The lowest BCUT2D eigenvalue weighted by molar-refractivity contribution is -0.137. The molecular formula is C20H29N3O2. The largest absolute Gasteiger partial charge is 0.379 e. The highest BCUT2D eigenvalue weighted by Gasteiger charge is 2.31. The van der Waals surface area contributed by atoms with Crippen LogP contribution < -0.4 is 5.73 Å². The van der Waals surface area contributed by atoms with Crippen molar-refractivity contribution in [3.8, 4) is 0 Å². The van der Waals surface area contributed by atoms with E-state index in [2.05, 4.69) is 23.1 Å². The van der Waals surface area contributed by atoms with Crippen LogP contribution in [0.25, 0.3) is 0 Å². The predicted octanol–water partition coefficient (Wildman–Crippen LogP) is 1.88. The van der Waals surface area contributed by atoms with Crippen molar-refractivity contribution in [2.24, 2.45) is 11.7 Å². The molecule has 0 spiro atoms. The first-order chi connectivity index (χ1) is 12.2. The lowest BCUT2D eigenvalue weighted by Gasteiger charge is -2.28. The summed E-state index contributed by atoms with van der Waals surface area (Å²) in [4.78, 5) is 17.3. The van der Waals surface area contributed by atoms with E-state index in [-0.39, 0.29) is 5.92 Å². The average Bonchev–Trinajstić information content (AvgIpc) is 3.06. The summed E-state index contributed by atoms with van der Waals surface area (Å²) >= 11 is 0. The summed E-state index contributed by atoms with van der Waals surface area (Å²) in [5.74, 6) is 0.514. The van der Waals surface area contributed by atoms with E-state index < -0.39 is 0 Å². The first-order valence-electron chi connectivity index (χ1n) is 9.64. The summed E-state index contributed by atoms with van der Waals surface area (Å²) in [6, 6.07) is 7.04. The Bertz CT molecular complexity index is 619. The minimum atomic E-state index is 0.182. The van der Waals surface area contributed by atoms with Crippen molar-refractivity contribution in [3.05, 3.63) is 34.9 Å². The third kappa shape index (κ3) is 3.89. The smallest absolute Gasteiger partial charge is 0.226 e. The molecule has 2 N–H and O–H groups in total. The topological polar surface area (TPSA) is 58.8 Å². The van der Waals surface area contributed by atoms with Gasteiger partial charge in [-0.3, -0.25) is 9.69 Å². The molecule has 2 aliphatic heterocycles. The number of carbonyl (C=O) groups excluding carboxylic acids is 1. The molecular weight excluding hydrogens is 314 g/mol. The third-order valence-corrected chi connectivity index (χ3v) is 5.94. The van der Waals surface area contributed by atoms with Gasteiger partial charge in [0.25, 0.3) is 0 Å². The Morgan fingerprint density at radius 1 is 1.08 bits per heavy atom. The Hall–Kier alpha value is -1.43. The first-order valence-corrected chi connectivity index (χ1v) is 9.64. The van der Waals surface area contributed by atoms with Gasteiger partial charge < -0.3 is 15.4 Å². The molecule has 4 rings (SSSR count). The lowest BCUT2D eigenvalue weighted by atomic mass is 9.85. The molecule has 5 nitrogen and oxygen atoms in total. The highest BCUT2D eigenvalue weighted by atomic mass is 16.5. The number of nitrogens with zero attached hydrogens (tertiary/aromatic N) is 2. The maximum atomic E-state index is 12.8. The summed E-state index contributed by atoms with van der Waals surface area (Å²) in [5, 5.41) is 0. The summed E-state index contributed by atoms with van der Waals surface area (Å²) in [7, 11) is 0. The van der Waals surface area contributed by atoms with Crippen LogP contribution in [-0.2, 0) is 29.2 Å². The zero-order valence-electron chi connectivity index (χ0n) is 15.0. The molecule has 0 unspecified atom stereocenters. The van der Waals surface area contributed by atoms with Crippen LogP contribution in [0.15, 0.2) is 18.2 Å². The van der Waals surface area contributed by atoms with Gasteiger partial charge in [0.15, 0.2) is 0 Å². The lowest BCUT2D eigenvalue weighted by Crippen LogP contribution is -2.36. The maximum Gasteiger partial charge on any atom is 0.226 e. The second-order valence-corrected chi connectivity index (χ2v) is 7.80. The van der Waals surface area contributed by atoms with Crippen LogP contribution in [0.4, 0.5) is 0 Å². The SMILES string of the molecule is NC1CCC(C(=O)N2Cc3ccc(CN4CCOCC4)cc3C2)CC1. The number of fused-ring (bicyclic) bond motifs is 1. The van der Waals surface area contributed by atoms with E-state index in [4.69, 9.17) is 10.5 Å². The molecule has 1 amide bonds. The second-order valence-electron chi connectivity index (χ2n) is 7.80. The van der Waals surface area contributed by atoms with Gasteiger partial charge in [-0.1, -0.05) is 18.2 Å². The number of carbonyl (C=O) groups is 1. The monoisotopic (exact) mass is 343 g/mol. The number of benzene rings is 1. The molecule has 0 bridgehead atoms. The molecule has 2 heterocycles. The normalized spacial score (nSPS) is 27.3. The van der Waals surface area contributed by atoms with Gasteiger partial charge in [-0.05, 0) is 42.4 Å². The Kier molecular flexibility index (Phi) is 5.06. The van der Waals surface area contributed by atoms with Crippen LogP contribution in [0.1, 0.15) is 42.4 Å². The van der Waals surface area contributed by atoms with E-state index in [0.717, 1.165) is 71.6 Å². The average molecular weight is 343 g/mol. The fourth-order valence-electron chi connectivity index (χ4n) is 4.34. The van der Waals surface area contributed by atoms with E-state index in [1.165, 1.54) is 16.7 Å². The molecule has 25 heavy (non-hydrogen) atoms. The first kappa shape index (κ1) is 17.0. The van der Waals surface area contributed by atoms with Crippen molar-refractivity contribution < 1.29 is 9.53 Å². The fraction of sp³-hybridized carbons (Fsp3) is 0.650. The molecule has 1 aromatic carbocycles. The van der Waals surface area contributed by atoms with E-state index in [0.29, 0.717) is 11.9 Å². The summed E-state index contributed by atoms with van der Waals surface area (Å²) in [6.07, 6.45) is 3.88. The minimum Gasteiger partial charge on any atom is -0.379 e. The van der Waals surface area contributed by atoms with Gasteiger partial charge in [0.05, 0.1) is 13.2 Å². The molecule has 0 atom stereocenters. The fourth-order valence-corrected chi connectivity index (χ4v) is 4.34. The zero-order chi connectivity index (χ0) is 17.2. The Labute approximate surface area is 150 Å². The number of morpholine rings is 1. The quantitative estimate of drug-likeness (QED) is 0.910. The van der Waals surface area contributed by atoms with E-state index >= 15 is 0 Å². The molecule has 2 fully saturated rings. The molecule has 1 aromatic rings.